The molecule has 1 rings (SSSR count). The summed E-state index contributed by atoms with van der Waals surface area (Å²) in [6, 6.07) is 7.52. The Morgan fingerprint density at radius 3 is 2.59 bits per heavy atom. The van der Waals surface area contributed by atoms with Gasteiger partial charge < -0.3 is 16.0 Å². The molecule has 0 aliphatic carbocycles. The summed E-state index contributed by atoms with van der Waals surface area (Å²) in [5.74, 6) is 1.28. The zero-order valence-electron chi connectivity index (χ0n) is 13.8. The lowest BCUT2D eigenvalue weighted by Gasteiger charge is -2.13. The first-order chi connectivity index (χ1) is 10.1. The van der Waals surface area contributed by atoms with Crippen molar-refractivity contribution in [1.29, 1.82) is 0 Å². The van der Waals surface area contributed by atoms with Crippen LogP contribution in [-0.4, -0.2) is 32.0 Å². The highest BCUT2D eigenvalue weighted by Gasteiger charge is 2.04. The maximum Gasteiger partial charge on any atom is 0.251 e. The van der Waals surface area contributed by atoms with Gasteiger partial charge in [-0.2, -0.15) is 0 Å². The van der Waals surface area contributed by atoms with E-state index in [-0.39, 0.29) is 29.9 Å². The third-order valence-corrected chi connectivity index (χ3v) is 2.86. The number of carbonyl (C=O) groups excluding carboxylic acids is 1. The second-order valence-corrected chi connectivity index (χ2v) is 5.25. The number of nitrogens with zero attached hydrogens (tertiary/aromatic N) is 1. The van der Waals surface area contributed by atoms with Gasteiger partial charge in [0.1, 0.15) is 0 Å². The number of guanidine groups is 1. The van der Waals surface area contributed by atoms with Crippen molar-refractivity contribution in [2.24, 2.45) is 10.9 Å². The number of aliphatic imine (C=N–C) groups is 1. The normalized spacial score (nSPS) is 10.9. The van der Waals surface area contributed by atoms with Gasteiger partial charge in [-0.05, 0) is 30.5 Å². The minimum Gasteiger partial charge on any atom is -0.357 e. The van der Waals surface area contributed by atoms with Crippen LogP contribution in [-0.2, 0) is 6.54 Å². The molecular weight excluding hydrogens is 391 g/mol. The van der Waals surface area contributed by atoms with Gasteiger partial charge in [-0.15, -0.1) is 24.0 Å². The van der Waals surface area contributed by atoms with E-state index >= 15 is 0 Å². The van der Waals surface area contributed by atoms with Crippen molar-refractivity contribution in [2.45, 2.75) is 27.3 Å². The van der Waals surface area contributed by atoms with Gasteiger partial charge >= 0.3 is 0 Å². The predicted octanol–water partition coefficient (Wildman–Crippen LogP) is 2.38. The number of nitrogens with one attached hydrogen (secondary N) is 3. The Kier molecular flexibility index (Phi) is 10.6. The highest BCUT2D eigenvalue weighted by molar-refractivity contribution is 14.0. The van der Waals surface area contributed by atoms with Gasteiger partial charge in [-0.1, -0.05) is 26.0 Å². The number of benzene rings is 1. The minimum atomic E-state index is -0.0781. The first kappa shape index (κ1) is 20.7. The van der Waals surface area contributed by atoms with Crippen LogP contribution in [0.3, 0.4) is 0 Å². The molecule has 22 heavy (non-hydrogen) atoms. The van der Waals surface area contributed by atoms with E-state index in [1.165, 1.54) is 0 Å². The van der Waals surface area contributed by atoms with E-state index in [9.17, 15) is 4.79 Å². The Morgan fingerprint density at radius 1 is 1.27 bits per heavy atom. The van der Waals surface area contributed by atoms with Crippen molar-refractivity contribution in [3.63, 3.8) is 0 Å². The molecule has 0 heterocycles. The Balaban J connectivity index is 0.00000441. The summed E-state index contributed by atoms with van der Waals surface area (Å²) in [5.41, 5.74) is 1.67. The van der Waals surface area contributed by atoms with Crippen molar-refractivity contribution >= 4 is 35.8 Å². The lowest BCUT2D eigenvalue weighted by atomic mass is 10.1. The molecule has 0 aliphatic rings. The van der Waals surface area contributed by atoms with Crippen molar-refractivity contribution in [3.8, 4) is 0 Å². The fraction of sp³-hybridized carbons (Fsp3) is 0.500. The zero-order chi connectivity index (χ0) is 15.7. The van der Waals surface area contributed by atoms with Crippen LogP contribution in [0, 0.1) is 5.92 Å². The highest BCUT2D eigenvalue weighted by Crippen LogP contribution is 2.06. The monoisotopic (exact) mass is 418 g/mol. The van der Waals surface area contributed by atoms with Crippen molar-refractivity contribution in [2.75, 3.05) is 20.1 Å². The molecule has 0 saturated heterocycles. The molecular formula is C16H27IN4O. The quantitative estimate of drug-likeness (QED) is 0.378. The second kappa shape index (κ2) is 11.3. The number of rotatable bonds is 6. The van der Waals surface area contributed by atoms with Crippen LogP contribution >= 0.6 is 24.0 Å². The average molecular weight is 418 g/mol. The summed E-state index contributed by atoms with van der Waals surface area (Å²) < 4.78 is 0. The minimum absolute atomic E-state index is 0. The highest BCUT2D eigenvalue weighted by atomic mass is 127. The molecule has 0 saturated carbocycles. The van der Waals surface area contributed by atoms with E-state index < -0.39 is 0 Å². The van der Waals surface area contributed by atoms with Gasteiger partial charge in [-0.3, -0.25) is 4.79 Å². The maximum absolute atomic E-state index is 11.6. The summed E-state index contributed by atoms with van der Waals surface area (Å²) >= 11 is 0. The molecule has 0 aliphatic heterocycles. The summed E-state index contributed by atoms with van der Waals surface area (Å²) in [5, 5.41) is 9.14. The summed E-state index contributed by atoms with van der Waals surface area (Å²) in [6.07, 6.45) is 0. The number of hydrogen-bond donors (Lipinski definition) is 3. The summed E-state index contributed by atoms with van der Waals surface area (Å²) in [6.45, 7) is 8.59. The second-order valence-electron chi connectivity index (χ2n) is 5.25. The van der Waals surface area contributed by atoms with Crippen LogP contribution in [0.5, 0.6) is 0 Å². The maximum atomic E-state index is 11.6. The number of hydrogen-bond acceptors (Lipinski definition) is 2. The number of amides is 1. The summed E-state index contributed by atoms with van der Waals surface area (Å²) in [4.78, 5) is 16.2. The molecule has 1 aromatic rings. The van der Waals surface area contributed by atoms with Crippen LogP contribution in [0.15, 0.2) is 29.3 Å². The third kappa shape index (κ3) is 7.63. The molecule has 0 unspecified atom stereocenters. The Bertz CT molecular complexity index is 489. The first-order valence-corrected chi connectivity index (χ1v) is 7.40. The molecule has 6 heteroatoms. The van der Waals surface area contributed by atoms with Crippen molar-refractivity contribution < 1.29 is 4.79 Å². The molecule has 3 N–H and O–H groups in total. The van der Waals surface area contributed by atoms with Crippen LogP contribution in [0.4, 0.5) is 0 Å². The van der Waals surface area contributed by atoms with E-state index in [4.69, 9.17) is 0 Å². The molecule has 1 aromatic carbocycles. The van der Waals surface area contributed by atoms with Crippen LogP contribution < -0.4 is 16.0 Å². The third-order valence-electron chi connectivity index (χ3n) is 2.86. The predicted molar refractivity (Wildman–Crippen MR) is 103 cm³/mol. The molecule has 0 atom stereocenters. The Hall–Kier alpha value is -1.31. The fourth-order valence-corrected chi connectivity index (χ4v) is 1.77. The molecule has 0 bridgehead atoms. The molecule has 0 fully saturated rings. The van der Waals surface area contributed by atoms with Crippen LogP contribution in [0.25, 0.3) is 0 Å². The average Bonchev–Trinajstić information content (AvgIpc) is 2.49. The first-order valence-electron chi connectivity index (χ1n) is 7.40. The standard InChI is InChI=1S/C16H26N4O.HI/c1-5-18-16(19-10-12(2)3)20-11-13-7-6-8-14(9-13)15(21)17-4;/h6-9,12H,5,10-11H2,1-4H3,(H,17,21)(H2,18,19,20);1H. The van der Waals surface area contributed by atoms with Crippen molar-refractivity contribution in [1.82, 2.24) is 16.0 Å². The largest absolute Gasteiger partial charge is 0.357 e. The van der Waals surface area contributed by atoms with Gasteiger partial charge in [0.15, 0.2) is 5.96 Å². The van der Waals surface area contributed by atoms with E-state index in [0.29, 0.717) is 18.0 Å². The van der Waals surface area contributed by atoms with E-state index in [2.05, 4.69) is 34.8 Å². The molecule has 5 nitrogen and oxygen atoms in total. The van der Waals surface area contributed by atoms with Gasteiger partial charge in [0.25, 0.3) is 5.91 Å². The lowest BCUT2D eigenvalue weighted by molar-refractivity contribution is 0.0963. The zero-order valence-corrected chi connectivity index (χ0v) is 16.1. The van der Waals surface area contributed by atoms with Crippen molar-refractivity contribution in [3.05, 3.63) is 35.4 Å². The Morgan fingerprint density at radius 2 is 2.00 bits per heavy atom. The molecule has 124 valence electrons. The fourth-order valence-electron chi connectivity index (χ4n) is 1.77. The van der Waals surface area contributed by atoms with Gasteiger partial charge in [-0.25, -0.2) is 4.99 Å². The van der Waals surface area contributed by atoms with E-state index in [1.807, 2.05) is 25.1 Å². The smallest absolute Gasteiger partial charge is 0.251 e. The SMILES string of the molecule is CCNC(=NCc1cccc(C(=O)NC)c1)NCC(C)C.I. The van der Waals surface area contributed by atoms with Gasteiger partial charge in [0, 0.05) is 25.7 Å². The topological polar surface area (TPSA) is 65.5 Å². The lowest BCUT2D eigenvalue weighted by Crippen LogP contribution is -2.39. The number of carbonyl (C=O) groups is 1. The van der Waals surface area contributed by atoms with Gasteiger partial charge in [0.05, 0.1) is 6.54 Å². The van der Waals surface area contributed by atoms with Gasteiger partial charge in [0.2, 0.25) is 0 Å². The number of halogens is 1. The molecule has 0 radical (unpaired) electrons. The Labute approximate surface area is 150 Å². The van der Waals surface area contributed by atoms with Crippen LogP contribution in [0.2, 0.25) is 0 Å². The molecule has 0 aromatic heterocycles. The molecule has 1 amide bonds. The molecule has 0 spiro atoms. The van der Waals surface area contributed by atoms with E-state index in [0.717, 1.165) is 24.6 Å². The summed E-state index contributed by atoms with van der Waals surface area (Å²) in [7, 11) is 1.63. The van der Waals surface area contributed by atoms with Crippen LogP contribution in [0.1, 0.15) is 36.7 Å². The van der Waals surface area contributed by atoms with E-state index in [1.54, 1.807) is 13.1 Å².